The van der Waals surface area contributed by atoms with Gasteiger partial charge in [0.2, 0.25) is 5.91 Å². The third-order valence-corrected chi connectivity index (χ3v) is 7.69. The number of nitriles is 1. The predicted molar refractivity (Wildman–Crippen MR) is 140 cm³/mol. The minimum absolute atomic E-state index is 0.163. The van der Waals surface area contributed by atoms with Gasteiger partial charge in [0.25, 0.3) is 5.91 Å². The maximum atomic E-state index is 13.4. The zero-order valence-electron chi connectivity index (χ0n) is 20.9. The molecule has 9 nitrogen and oxygen atoms in total. The summed E-state index contributed by atoms with van der Waals surface area (Å²) in [5.74, 6) is -0.519. The SMILES string of the molecule is N#CC1(NC(=O)C2(NC(=O)c3cc4ccc(-c5ccc(-n6cncn6)cc5)cc4o3)CCCCCC2)CC1. The van der Waals surface area contributed by atoms with Crippen molar-refractivity contribution in [2.75, 3.05) is 0 Å². The van der Waals surface area contributed by atoms with Crippen molar-refractivity contribution in [2.45, 2.75) is 62.4 Å². The molecule has 2 aliphatic carbocycles. The molecule has 2 aliphatic rings. The summed E-state index contributed by atoms with van der Waals surface area (Å²) in [7, 11) is 0. The van der Waals surface area contributed by atoms with E-state index in [1.165, 1.54) is 6.33 Å². The Morgan fingerprint density at radius 1 is 0.921 bits per heavy atom. The molecule has 0 unspecified atom stereocenters. The molecule has 2 N–H and O–H groups in total. The van der Waals surface area contributed by atoms with E-state index in [9.17, 15) is 14.9 Å². The molecule has 9 heteroatoms. The first-order valence-electron chi connectivity index (χ1n) is 13.0. The summed E-state index contributed by atoms with van der Waals surface area (Å²) in [6.07, 6.45) is 9.23. The molecule has 0 radical (unpaired) electrons. The minimum atomic E-state index is -1.05. The van der Waals surface area contributed by atoms with E-state index in [-0.39, 0.29) is 11.7 Å². The van der Waals surface area contributed by atoms with Crippen LogP contribution in [0.5, 0.6) is 0 Å². The number of fused-ring (bicyclic) bond motifs is 1. The third-order valence-electron chi connectivity index (χ3n) is 7.69. The highest BCUT2D eigenvalue weighted by Crippen LogP contribution is 2.37. The molecule has 2 aromatic heterocycles. The zero-order chi connectivity index (χ0) is 26.2. The number of carbonyl (C=O) groups excluding carboxylic acids is 2. The highest BCUT2D eigenvalue weighted by molar-refractivity contribution is 6.00. The Morgan fingerprint density at radius 3 is 2.32 bits per heavy atom. The standard InChI is InChI=1S/C29H28N6O3/c30-17-28(13-14-28)34-27(37)29(11-3-1-2-4-12-29)33-26(36)25-16-22-6-5-21(15-24(22)38-25)20-7-9-23(10-8-20)35-19-31-18-32-35/h5-10,15-16,18-19H,1-4,11-14H2,(H,33,36)(H,34,37). The summed E-state index contributed by atoms with van der Waals surface area (Å²) in [4.78, 5) is 30.8. The van der Waals surface area contributed by atoms with Crippen LogP contribution in [0.3, 0.4) is 0 Å². The van der Waals surface area contributed by atoms with E-state index in [2.05, 4.69) is 26.8 Å². The quantitative estimate of drug-likeness (QED) is 0.364. The number of hydrogen-bond acceptors (Lipinski definition) is 6. The molecule has 38 heavy (non-hydrogen) atoms. The van der Waals surface area contributed by atoms with Gasteiger partial charge in [0.15, 0.2) is 5.76 Å². The number of carbonyl (C=O) groups is 2. The van der Waals surface area contributed by atoms with E-state index in [4.69, 9.17) is 4.42 Å². The molecule has 2 amide bonds. The second-order valence-electron chi connectivity index (χ2n) is 10.3. The Balaban J connectivity index is 1.23. The Kier molecular flexibility index (Phi) is 5.95. The van der Waals surface area contributed by atoms with E-state index >= 15 is 0 Å². The fourth-order valence-corrected chi connectivity index (χ4v) is 5.22. The first-order chi connectivity index (χ1) is 18.5. The Bertz CT molecular complexity index is 1520. The van der Waals surface area contributed by atoms with Gasteiger partial charge in [-0.3, -0.25) is 9.59 Å². The molecule has 0 aliphatic heterocycles. The molecule has 2 aromatic carbocycles. The lowest BCUT2D eigenvalue weighted by Crippen LogP contribution is -2.60. The number of amides is 2. The molecule has 0 atom stereocenters. The minimum Gasteiger partial charge on any atom is -0.451 e. The van der Waals surface area contributed by atoms with E-state index in [0.717, 1.165) is 47.9 Å². The molecule has 6 rings (SSSR count). The lowest BCUT2D eigenvalue weighted by atomic mass is 9.88. The van der Waals surface area contributed by atoms with Crippen molar-refractivity contribution in [3.05, 3.63) is 66.9 Å². The molecular formula is C29H28N6O3. The number of rotatable bonds is 6. The van der Waals surface area contributed by atoms with Gasteiger partial charge in [0.05, 0.1) is 11.8 Å². The van der Waals surface area contributed by atoms with Gasteiger partial charge in [0.1, 0.15) is 29.3 Å². The fraction of sp³-hybridized carbons (Fsp3) is 0.345. The van der Waals surface area contributed by atoms with Crippen LogP contribution in [-0.4, -0.2) is 37.7 Å². The summed E-state index contributed by atoms with van der Waals surface area (Å²) in [5.41, 5.74) is 1.62. The summed E-state index contributed by atoms with van der Waals surface area (Å²) in [6, 6.07) is 17.7. The molecule has 0 bridgehead atoms. The topological polar surface area (TPSA) is 126 Å². The third kappa shape index (κ3) is 4.54. The van der Waals surface area contributed by atoms with Gasteiger partial charge in [-0.05, 0) is 61.1 Å². The van der Waals surface area contributed by atoms with Gasteiger partial charge in [-0.25, -0.2) is 9.67 Å². The van der Waals surface area contributed by atoms with Crippen LogP contribution >= 0.6 is 0 Å². The lowest BCUT2D eigenvalue weighted by molar-refractivity contribution is -0.128. The average Bonchev–Trinajstić information content (AvgIpc) is 3.36. The van der Waals surface area contributed by atoms with Crippen LogP contribution in [0.4, 0.5) is 0 Å². The number of nitrogens with one attached hydrogen (secondary N) is 2. The van der Waals surface area contributed by atoms with E-state index in [0.29, 0.717) is 31.3 Å². The van der Waals surface area contributed by atoms with E-state index in [1.807, 2.05) is 42.5 Å². The first kappa shape index (κ1) is 23.9. The lowest BCUT2D eigenvalue weighted by Gasteiger charge is -2.33. The molecule has 0 spiro atoms. The van der Waals surface area contributed by atoms with Gasteiger partial charge < -0.3 is 15.1 Å². The number of furan rings is 1. The van der Waals surface area contributed by atoms with Crippen LogP contribution in [0.2, 0.25) is 0 Å². The van der Waals surface area contributed by atoms with Crippen molar-refractivity contribution in [1.82, 2.24) is 25.4 Å². The highest BCUT2D eigenvalue weighted by Gasteiger charge is 2.49. The van der Waals surface area contributed by atoms with Crippen molar-refractivity contribution in [1.29, 1.82) is 5.26 Å². The van der Waals surface area contributed by atoms with Gasteiger partial charge >= 0.3 is 0 Å². The van der Waals surface area contributed by atoms with Crippen molar-refractivity contribution >= 4 is 22.8 Å². The van der Waals surface area contributed by atoms with Crippen molar-refractivity contribution in [3.63, 3.8) is 0 Å². The van der Waals surface area contributed by atoms with Crippen LogP contribution in [0.15, 0.2) is 65.6 Å². The number of aromatic nitrogens is 3. The monoisotopic (exact) mass is 508 g/mol. The smallest absolute Gasteiger partial charge is 0.287 e. The van der Waals surface area contributed by atoms with Gasteiger partial charge in [-0.15, -0.1) is 0 Å². The maximum absolute atomic E-state index is 13.4. The predicted octanol–water partition coefficient (Wildman–Crippen LogP) is 4.68. The van der Waals surface area contributed by atoms with Gasteiger partial charge in [-0.1, -0.05) is 49.9 Å². The largest absolute Gasteiger partial charge is 0.451 e. The summed E-state index contributed by atoms with van der Waals surface area (Å²) >= 11 is 0. The molecule has 2 heterocycles. The van der Waals surface area contributed by atoms with E-state index in [1.54, 1.807) is 17.1 Å². The molecule has 0 saturated heterocycles. The fourth-order valence-electron chi connectivity index (χ4n) is 5.22. The van der Waals surface area contributed by atoms with Gasteiger partial charge in [-0.2, -0.15) is 10.4 Å². The Labute approximate surface area is 219 Å². The normalized spacial score (nSPS) is 17.8. The number of hydrogen-bond donors (Lipinski definition) is 2. The van der Waals surface area contributed by atoms with Crippen molar-refractivity contribution in [3.8, 4) is 22.9 Å². The maximum Gasteiger partial charge on any atom is 0.287 e. The summed E-state index contributed by atoms with van der Waals surface area (Å²) in [5, 5.41) is 20.4. The van der Waals surface area contributed by atoms with Crippen LogP contribution in [-0.2, 0) is 4.79 Å². The van der Waals surface area contributed by atoms with Crippen LogP contribution in [0, 0.1) is 11.3 Å². The van der Waals surface area contributed by atoms with Crippen LogP contribution in [0.25, 0.3) is 27.8 Å². The van der Waals surface area contributed by atoms with Crippen molar-refractivity contribution < 1.29 is 14.0 Å². The molecule has 4 aromatic rings. The summed E-state index contributed by atoms with van der Waals surface area (Å²) < 4.78 is 7.68. The molecule has 2 saturated carbocycles. The zero-order valence-corrected chi connectivity index (χ0v) is 20.9. The number of nitrogens with zero attached hydrogens (tertiary/aromatic N) is 4. The second kappa shape index (κ2) is 9.45. The summed E-state index contributed by atoms with van der Waals surface area (Å²) in [6.45, 7) is 0. The van der Waals surface area contributed by atoms with Gasteiger partial charge in [0, 0.05) is 5.39 Å². The van der Waals surface area contributed by atoms with Crippen molar-refractivity contribution in [2.24, 2.45) is 0 Å². The Morgan fingerprint density at radius 2 is 1.66 bits per heavy atom. The molecular weight excluding hydrogens is 480 g/mol. The molecule has 2 fully saturated rings. The average molecular weight is 509 g/mol. The van der Waals surface area contributed by atoms with Crippen LogP contribution < -0.4 is 10.6 Å². The second-order valence-corrected chi connectivity index (χ2v) is 10.3. The van der Waals surface area contributed by atoms with E-state index < -0.39 is 17.0 Å². The Hall–Kier alpha value is -4.45. The highest BCUT2D eigenvalue weighted by atomic mass is 16.3. The van der Waals surface area contributed by atoms with Crippen LogP contribution in [0.1, 0.15) is 61.9 Å². The first-order valence-corrected chi connectivity index (χ1v) is 13.0. The number of benzene rings is 2. The molecule has 192 valence electrons.